The third kappa shape index (κ3) is 1.73. The molecule has 7 heteroatoms. The molecule has 0 spiro atoms. The lowest BCUT2D eigenvalue weighted by atomic mass is 10.2. The van der Waals surface area contributed by atoms with Gasteiger partial charge in [-0.25, -0.2) is 4.68 Å². The first-order valence-corrected chi connectivity index (χ1v) is 5.21. The molecule has 1 N–H and O–H groups in total. The Balaban J connectivity index is 2.32. The summed E-state index contributed by atoms with van der Waals surface area (Å²) in [6.45, 7) is 3.29. The third-order valence-electron chi connectivity index (χ3n) is 2.58. The van der Waals surface area contributed by atoms with Crippen LogP contribution >= 0.6 is 0 Å². The lowest BCUT2D eigenvalue weighted by Crippen LogP contribution is -2.50. The molecule has 0 bridgehead atoms. The minimum Gasteiger partial charge on any atom is -0.467 e. The van der Waals surface area contributed by atoms with Gasteiger partial charge in [-0.1, -0.05) is 6.92 Å². The van der Waals surface area contributed by atoms with Gasteiger partial charge in [-0.15, -0.1) is 0 Å². The van der Waals surface area contributed by atoms with E-state index in [1.54, 1.807) is 7.05 Å². The molecule has 16 heavy (non-hydrogen) atoms. The van der Waals surface area contributed by atoms with Crippen molar-refractivity contribution in [2.24, 2.45) is 7.05 Å². The standard InChI is InChI=1S/C9H14N4O3/c1-3-7-8(13(14)15)9(12(2)11-7)16-6-4-10-5-6/h6,10H,3-5H2,1-2H3. The lowest BCUT2D eigenvalue weighted by Gasteiger charge is -2.27. The second kappa shape index (κ2) is 4.09. The van der Waals surface area contributed by atoms with Crippen LogP contribution in [0.1, 0.15) is 12.6 Å². The maximum Gasteiger partial charge on any atom is 0.353 e. The van der Waals surface area contributed by atoms with Crippen LogP contribution in [0.4, 0.5) is 5.69 Å². The van der Waals surface area contributed by atoms with Gasteiger partial charge in [-0.05, 0) is 6.42 Å². The second-order valence-electron chi connectivity index (χ2n) is 3.73. The molecule has 1 aromatic heterocycles. The lowest BCUT2D eigenvalue weighted by molar-refractivity contribution is -0.386. The van der Waals surface area contributed by atoms with Gasteiger partial charge >= 0.3 is 5.69 Å². The highest BCUT2D eigenvalue weighted by Crippen LogP contribution is 2.31. The number of ether oxygens (including phenoxy) is 1. The molecule has 0 unspecified atom stereocenters. The third-order valence-corrected chi connectivity index (χ3v) is 2.58. The van der Waals surface area contributed by atoms with Crippen molar-refractivity contribution in [3.8, 4) is 5.88 Å². The summed E-state index contributed by atoms with van der Waals surface area (Å²) in [6, 6.07) is 0. The Hall–Kier alpha value is -1.63. The van der Waals surface area contributed by atoms with E-state index in [0.717, 1.165) is 13.1 Å². The first kappa shape index (κ1) is 10.9. The van der Waals surface area contributed by atoms with E-state index in [4.69, 9.17) is 4.74 Å². The first-order valence-electron chi connectivity index (χ1n) is 5.21. The number of rotatable bonds is 4. The van der Waals surface area contributed by atoms with E-state index in [0.29, 0.717) is 12.1 Å². The summed E-state index contributed by atoms with van der Waals surface area (Å²) in [6.07, 6.45) is 0.537. The number of nitro groups is 1. The Morgan fingerprint density at radius 1 is 1.69 bits per heavy atom. The smallest absolute Gasteiger partial charge is 0.353 e. The van der Waals surface area contributed by atoms with Crippen molar-refractivity contribution in [3.05, 3.63) is 15.8 Å². The fraction of sp³-hybridized carbons (Fsp3) is 0.667. The summed E-state index contributed by atoms with van der Waals surface area (Å²) >= 11 is 0. The molecule has 0 radical (unpaired) electrons. The highest BCUT2D eigenvalue weighted by atomic mass is 16.6. The quantitative estimate of drug-likeness (QED) is 0.587. The topological polar surface area (TPSA) is 82.2 Å². The van der Waals surface area contributed by atoms with E-state index in [2.05, 4.69) is 10.4 Å². The molecule has 1 fully saturated rings. The molecular weight excluding hydrogens is 212 g/mol. The molecule has 0 saturated carbocycles. The van der Waals surface area contributed by atoms with Crippen LogP contribution < -0.4 is 10.1 Å². The van der Waals surface area contributed by atoms with Gasteiger partial charge in [0, 0.05) is 20.1 Å². The molecule has 1 aliphatic heterocycles. The normalized spacial score (nSPS) is 15.9. The van der Waals surface area contributed by atoms with Gasteiger partial charge < -0.3 is 10.1 Å². The molecule has 2 rings (SSSR count). The van der Waals surface area contributed by atoms with Gasteiger partial charge in [-0.2, -0.15) is 5.10 Å². The number of nitrogens with zero attached hydrogens (tertiary/aromatic N) is 3. The van der Waals surface area contributed by atoms with E-state index >= 15 is 0 Å². The van der Waals surface area contributed by atoms with Crippen molar-refractivity contribution in [2.75, 3.05) is 13.1 Å². The van der Waals surface area contributed by atoms with Crippen molar-refractivity contribution < 1.29 is 9.66 Å². The Morgan fingerprint density at radius 2 is 2.38 bits per heavy atom. The van der Waals surface area contributed by atoms with Crippen LogP contribution in [-0.2, 0) is 13.5 Å². The molecule has 0 aliphatic carbocycles. The zero-order valence-corrected chi connectivity index (χ0v) is 9.27. The number of aromatic nitrogens is 2. The maximum absolute atomic E-state index is 11.0. The first-order chi connectivity index (χ1) is 7.63. The van der Waals surface area contributed by atoms with Crippen molar-refractivity contribution in [1.29, 1.82) is 0 Å². The molecule has 0 aromatic carbocycles. The minimum absolute atomic E-state index is 0.00287. The predicted molar refractivity (Wildman–Crippen MR) is 56.5 cm³/mol. The van der Waals surface area contributed by atoms with Crippen molar-refractivity contribution in [2.45, 2.75) is 19.4 Å². The summed E-state index contributed by atoms with van der Waals surface area (Å²) in [5, 5.41) is 18.1. The van der Waals surface area contributed by atoms with Gasteiger partial charge in [-0.3, -0.25) is 10.1 Å². The van der Waals surface area contributed by atoms with Crippen LogP contribution in [0.2, 0.25) is 0 Å². The van der Waals surface area contributed by atoms with Crippen LogP contribution in [0.15, 0.2) is 0 Å². The van der Waals surface area contributed by atoms with E-state index in [1.807, 2.05) is 6.92 Å². The molecule has 0 amide bonds. The van der Waals surface area contributed by atoms with Gasteiger partial charge in [0.2, 0.25) is 0 Å². The molecule has 7 nitrogen and oxygen atoms in total. The molecule has 2 heterocycles. The van der Waals surface area contributed by atoms with Gasteiger partial charge in [0.05, 0.1) is 4.92 Å². The van der Waals surface area contributed by atoms with E-state index < -0.39 is 4.92 Å². The van der Waals surface area contributed by atoms with E-state index in [9.17, 15) is 10.1 Å². The van der Waals surface area contributed by atoms with Gasteiger partial charge in [0.25, 0.3) is 5.88 Å². The van der Waals surface area contributed by atoms with Crippen LogP contribution in [0.5, 0.6) is 5.88 Å². The molecule has 1 saturated heterocycles. The van der Waals surface area contributed by atoms with Crippen molar-refractivity contribution >= 4 is 5.69 Å². The average Bonchev–Trinajstić information content (AvgIpc) is 2.48. The largest absolute Gasteiger partial charge is 0.467 e. The number of aryl methyl sites for hydroxylation is 2. The highest BCUT2D eigenvalue weighted by molar-refractivity contribution is 5.46. The zero-order chi connectivity index (χ0) is 11.7. The number of hydrogen-bond donors (Lipinski definition) is 1. The summed E-state index contributed by atoms with van der Waals surface area (Å²) < 4.78 is 6.99. The second-order valence-corrected chi connectivity index (χ2v) is 3.73. The van der Waals surface area contributed by atoms with Gasteiger partial charge in [0.1, 0.15) is 11.8 Å². The molecule has 1 aromatic rings. The van der Waals surface area contributed by atoms with Crippen LogP contribution in [0.25, 0.3) is 0 Å². The number of hydrogen-bond acceptors (Lipinski definition) is 5. The molecular formula is C9H14N4O3. The minimum atomic E-state index is -0.423. The fourth-order valence-corrected chi connectivity index (χ4v) is 1.61. The summed E-state index contributed by atoms with van der Waals surface area (Å²) in [4.78, 5) is 10.5. The van der Waals surface area contributed by atoms with Crippen LogP contribution in [0, 0.1) is 10.1 Å². The van der Waals surface area contributed by atoms with E-state index in [1.165, 1.54) is 4.68 Å². The Kier molecular flexibility index (Phi) is 2.78. The SMILES string of the molecule is CCc1nn(C)c(OC2CNC2)c1[N+](=O)[O-]. The summed E-state index contributed by atoms with van der Waals surface area (Å²) in [7, 11) is 1.66. The molecule has 0 atom stereocenters. The van der Waals surface area contributed by atoms with Crippen molar-refractivity contribution in [1.82, 2.24) is 15.1 Å². The molecule has 88 valence electrons. The van der Waals surface area contributed by atoms with Crippen molar-refractivity contribution in [3.63, 3.8) is 0 Å². The number of nitrogens with one attached hydrogen (secondary N) is 1. The van der Waals surface area contributed by atoms with Gasteiger partial charge in [0.15, 0.2) is 0 Å². The average molecular weight is 226 g/mol. The highest BCUT2D eigenvalue weighted by Gasteiger charge is 2.30. The summed E-state index contributed by atoms with van der Waals surface area (Å²) in [5.74, 6) is 0.258. The summed E-state index contributed by atoms with van der Waals surface area (Å²) in [5.41, 5.74) is 0.465. The fourth-order valence-electron chi connectivity index (χ4n) is 1.61. The zero-order valence-electron chi connectivity index (χ0n) is 9.27. The van der Waals surface area contributed by atoms with E-state index in [-0.39, 0.29) is 17.7 Å². The Labute approximate surface area is 92.5 Å². The Bertz CT molecular complexity index is 411. The monoisotopic (exact) mass is 226 g/mol. The van der Waals surface area contributed by atoms with Crippen LogP contribution in [-0.4, -0.2) is 33.9 Å². The predicted octanol–water partition coefficient (Wildman–Crippen LogP) is 0.241. The van der Waals surface area contributed by atoms with Crippen LogP contribution in [0.3, 0.4) is 0 Å². The Morgan fingerprint density at radius 3 is 2.81 bits per heavy atom. The molecule has 1 aliphatic rings. The maximum atomic E-state index is 11.0.